The molecule has 28 heavy (non-hydrogen) atoms. The molecule has 1 heterocycles. The highest BCUT2D eigenvalue weighted by molar-refractivity contribution is 5.88. The zero-order valence-corrected chi connectivity index (χ0v) is 15.5. The second kappa shape index (κ2) is 8.22. The molecule has 0 radical (unpaired) electrons. The van der Waals surface area contributed by atoms with E-state index in [4.69, 9.17) is 9.47 Å². The molecule has 0 saturated carbocycles. The molecule has 3 atom stereocenters. The predicted octanol–water partition coefficient (Wildman–Crippen LogP) is 3.07. The molecule has 0 spiro atoms. The number of benzene rings is 1. The predicted molar refractivity (Wildman–Crippen MR) is 90.7 cm³/mol. The summed E-state index contributed by atoms with van der Waals surface area (Å²) < 4.78 is 55.7. The number of hydrogen-bond acceptors (Lipinski definition) is 6. The van der Waals surface area contributed by atoms with E-state index in [0.717, 1.165) is 6.08 Å². The van der Waals surface area contributed by atoms with Crippen LogP contribution in [0.1, 0.15) is 32.3 Å². The lowest BCUT2D eigenvalue weighted by molar-refractivity contribution is -0.376. The summed E-state index contributed by atoms with van der Waals surface area (Å²) >= 11 is 0. The van der Waals surface area contributed by atoms with Gasteiger partial charge in [0.1, 0.15) is 5.92 Å². The van der Waals surface area contributed by atoms with Crippen molar-refractivity contribution in [1.82, 2.24) is 0 Å². The fourth-order valence-corrected chi connectivity index (χ4v) is 2.89. The zero-order valence-electron chi connectivity index (χ0n) is 15.5. The number of hydrogen-bond donors (Lipinski definition) is 1. The van der Waals surface area contributed by atoms with Crippen molar-refractivity contribution in [1.29, 1.82) is 0 Å². The lowest BCUT2D eigenvalue weighted by Crippen LogP contribution is -2.60. The van der Waals surface area contributed by atoms with Gasteiger partial charge in [0.25, 0.3) is 0 Å². The van der Waals surface area contributed by atoms with Gasteiger partial charge in [-0.2, -0.15) is 13.2 Å². The molecule has 0 aliphatic carbocycles. The van der Waals surface area contributed by atoms with E-state index in [1.807, 2.05) is 0 Å². The second-order valence-corrected chi connectivity index (χ2v) is 6.45. The highest BCUT2D eigenvalue weighted by atomic mass is 19.4. The third-order valence-corrected chi connectivity index (χ3v) is 4.05. The third kappa shape index (κ3) is 4.30. The van der Waals surface area contributed by atoms with Crippen molar-refractivity contribution in [2.75, 3.05) is 6.61 Å². The van der Waals surface area contributed by atoms with Crippen molar-refractivity contribution in [2.24, 2.45) is 5.92 Å². The monoisotopic (exact) mass is 402 g/mol. The zero-order chi connectivity index (χ0) is 21.1. The highest BCUT2D eigenvalue weighted by Crippen LogP contribution is 2.49. The van der Waals surface area contributed by atoms with Crippen molar-refractivity contribution in [3.8, 4) is 0 Å². The van der Waals surface area contributed by atoms with Crippen LogP contribution in [0.3, 0.4) is 0 Å². The average molecular weight is 402 g/mol. The van der Waals surface area contributed by atoms with Gasteiger partial charge in [0.05, 0.1) is 12.7 Å². The smallest absolute Gasteiger partial charge is 0.456 e. The van der Waals surface area contributed by atoms with Crippen LogP contribution >= 0.6 is 0 Å². The van der Waals surface area contributed by atoms with Crippen LogP contribution in [0.2, 0.25) is 0 Å². The van der Waals surface area contributed by atoms with Gasteiger partial charge < -0.3 is 19.3 Å². The van der Waals surface area contributed by atoms with Gasteiger partial charge in [0, 0.05) is 5.92 Å². The minimum atomic E-state index is -5.39. The first-order valence-corrected chi connectivity index (χ1v) is 8.63. The molecule has 1 aromatic carbocycles. The lowest BCUT2D eigenvalue weighted by atomic mass is 9.78. The minimum Gasteiger partial charge on any atom is -0.466 e. The van der Waals surface area contributed by atoms with E-state index >= 15 is 0 Å². The van der Waals surface area contributed by atoms with E-state index in [1.165, 1.54) is 32.9 Å². The number of carbonyl (C=O) groups excluding carboxylic acids is 2. The standard InChI is InChI=1S/C19H21F3O6/c1-4-26-17(24)15-13(12-8-6-5-7-9-12)10-14(16(23)27-11(2)3)28-18(15,25)19(20,21)22/h5-11,13,15,25H,4H2,1-3H3/t13-,15+,18-/m0/s1. The molecule has 0 unspecified atom stereocenters. The summed E-state index contributed by atoms with van der Waals surface area (Å²) in [6.07, 6.45) is -4.98. The van der Waals surface area contributed by atoms with Crippen molar-refractivity contribution in [2.45, 2.75) is 44.8 Å². The Morgan fingerprint density at radius 2 is 1.86 bits per heavy atom. The van der Waals surface area contributed by atoms with Gasteiger partial charge in [-0.25, -0.2) is 4.79 Å². The van der Waals surface area contributed by atoms with Crippen molar-refractivity contribution in [3.05, 3.63) is 47.7 Å². The van der Waals surface area contributed by atoms with Gasteiger partial charge in [-0.3, -0.25) is 4.79 Å². The highest BCUT2D eigenvalue weighted by Gasteiger charge is 2.68. The van der Waals surface area contributed by atoms with Crippen LogP contribution in [0, 0.1) is 5.92 Å². The van der Waals surface area contributed by atoms with Crippen LogP contribution < -0.4 is 0 Å². The van der Waals surface area contributed by atoms with Crippen molar-refractivity contribution < 1.29 is 42.1 Å². The Balaban J connectivity index is 2.65. The number of carbonyl (C=O) groups is 2. The van der Waals surface area contributed by atoms with Crippen LogP contribution in [0.5, 0.6) is 0 Å². The Morgan fingerprint density at radius 3 is 2.36 bits per heavy atom. The lowest BCUT2D eigenvalue weighted by Gasteiger charge is -2.42. The molecule has 2 rings (SSSR count). The molecule has 0 aromatic heterocycles. The maximum absolute atomic E-state index is 13.8. The first kappa shape index (κ1) is 21.7. The summed E-state index contributed by atoms with van der Waals surface area (Å²) in [5.74, 6) is -10.8. The minimum absolute atomic E-state index is 0.198. The molecule has 1 N–H and O–H groups in total. The van der Waals surface area contributed by atoms with E-state index in [-0.39, 0.29) is 12.2 Å². The molecule has 0 saturated heterocycles. The Bertz CT molecular complexity index is 744. The largest absolute Gasteiger partial charge is 0.466 e. The van der Waals surface area contributed by atoms with Crippen molar-refractivity contribution >= 4 is 11.9 Å². The summed E-state index contributed by atoms with van der Waals surface area (Å²) in [6.45, 7) is 4.24. The first-order valence-electron chi connectivity index (χ1n) is 8.63. The number of rotatable bonds is 5. The number of alkyl halides is 3. The van der Waals surface area contributed by atoms with Crippen LogP contribution in [0.15, 0.2) is 42.2 Å². The number of allylic oxidation sites excluding steroid dienone is 1. The number of ether oxygens (including phenoxy) is 3. The topological polar surface area (TPSA) is 82.1 Å². The molecule has 0 bridgehead atoms. The van der Waals surface area contributed by atoms with Gasteiger partial charge in [-0.05, 0) is 32.4 Å². The van der Waals surface area contributed by atoms with Gasteiger partial charge >= 0.3 is 23.9 Å². The summed E-state index contributed by atoms with van der Waals surface area (Å²) in [5, 5.41) is 10.5. The summed E-state index contributed by atoms with van der Waals surface area (Å²) in [7, 11) is 0. The van der Waals surface area contributed by atoms with E-state index < -0.39 is 47.6 Å². The van der Waals surface area contributed by atoms with Crippen LogP contribution in [0.25, 0.3) is 0 Å². The molecular weight excluding hydrogens is 381 g/mol. The SMILES string of the molecule is CCOC(=O)[C@H]1[C@H](c2ccccc2)C=C(C(=O)OC(C)C)O[C@]1(O)C(F)(F)F. The Labute approximate surface area is 159 Å². The molecule has 1 aliphatic heterocycles. The maximum atomic E-state index is 13.8. The van der Waals surface area contributed by atoms with Crippen LogP contribution in [-0.4, -0.2) is 41.7 Å². The molecule has 0 fully saturated rings. The molecule has 0 amide bonds. The summed E-state index contributed by atoms with van der Waals surface area (Å²) in [5.41, 5.74) is 0.265. The Kier molecular flexibility index (Phi) is 6.38. The third-order valence-electron chi connectivity index (χ3n) is 4.05. The van der Waals surface area contributed by atoms with Crippen LogP contribution in [-0.2, 0) is 23.8 Å². The van der Waals surface area contributed by atoms with Gasteiger partial charge in [0.15, 0.2) is 0 Å². The molecular formula is C19H21F3O6. The van der Waals surface area contributed by atoms with Crippen LogP contribution in [0.4, 0.5) is 13.2 Å². The normalized spacial score (nSPS) is 24.9. The summed E-state index contributed by atoms with van der Waals surface area (Å²) in [6, 6.07) is 7.69. The van der Waals surface area contributed by atoms with E-state index in [0.29, 0.717) is 0 Å². The fraction of sp³-hybridized carbons (Fsp3) is 0.474. The molecule has 154 valence electrons. The average Bonchev–Trinajstić information content (AvgIpc) is 2.60. The van der Waals surface area contributed by atoms with E-state index in [9.17, 15) is 27.9 Å². The number of halogens is 3. The van der Waals surface area contributed by atoms with Crippen molar-refractivity contribution in [3.63, 3.8) is 0 Å². The van der Waals surface area contributed by atoms with E-state index in [2.05, 4.69) is 4.74 Å². The Hall–Kier alpha value is -2.55. The summed E-state index contributed by atoms with van der Waals surface area (Å²) in [4.78, 5) is 24.6. The Morgan fingerprint density at radius 1 is 1.25 bits per heavy atom. The first-order chi connectivity index (χ1) is 13.0. The van der Waals surface area contributed by atoms with Gasteiger partial charge in [0.2, 0.25) is 5.76 Å². The van der Waals surface area contributed by atoms with Gasteiger partial charge in [-0.1, -0.05) is 30.3 Å². The molecule has 6 nitrogen and oxygen atoms in total. The fourth-order valence-electron chi connectivity index (χ4n) is 2.89. The number of aliphatic hydroxyl groups is 1. The molecule has 1 aliphatic rings. The van der Waals surface area contributed by atoms with E-state index in [1.54, 1.807) is 18.2 Å². The molecule has 1 aromatic rings. The number of esters is 2. The van der Waals surface area contributed by atoms with Gasteiger partial charge in [-0.15, -0.1) is 0 Å². The quantitative estimate of drug-likeness (QED) is 0.763. The second-order valence-electron chi connectivity index (χ2n) is 6.45. The maximum Gasteiger partial charge on any atom is 0.456 e. The molecule has 9 heteroatoms.